The molecule has 1 saturated heterocycles. The summed E-state index contributed by atoms with van der Waals surface area (Å²) in [6.07, 6.45) is 5.21. The number of ether oxygens (including phenoxy) is 1. The van der Waals surface area contributed by atoms with Gasteiger partial charge >= 0.3 is 0 Å². The van der Waals surface area contributed by atoms with E-state index >= 15 is 0 Å². The number of hydrogen-bond acceptors (Lipinski definition) is 3. The molecular formula is C26H33FN2O2. The van der Waals surface area contributed by atoms with E-state index < -0.39 is 0 Å². The SMILES string of the molecule is C[C@@H]1CN(Cc2ccc(F)cc2)[C@@H](C)CN1C(=O)COc1ccc(C2CCCC2)cc1. The van der Waals surface area contributed by atoms with E-state index in [1.165, 1.54) is 43.4 Å². The first-order valence-electron chi connectivity index (χ1n) is 11.5. The Bertz CT molecular complexity index is 862. The van der Waals surface area contributed by atoms with Crippen LogP contribution in [0.5, 0.6) is 5.75 Å². The maximum absolute atomic E-state index is 13.2. The molecule has 1 aliphatic heterocycles. The lowest BCUT2D eigenvalue weighted by Gasteiger charge is -2.44. The molecule has 1 amide bonds. The summed E-state index contributed by atoms with van der Waals surface area (Å²) in [4.78, 5) is 17.1. The summed E-state index contributed by atoms with van der Waals surface area (Å²) in [6, 6.07) is 15.3. The lowest BCUT2D eigenvalue weighted by Crippen LogP contribution is -2.58. The van der Waals surface area contributed by atoms with E-state index in [-0.39, 0.29) is 30.4 Å². The highest BCUT2D eigenvalue weighted by Gasteiger charge is 2.32. The minimum absolute atomic E-state index is 0.0284. The molecule has 0 aromatic heterocycles. The number of nitrogens with zero attached hydrogens (tertiary/aromatic N) is 2. The summed E-state index contributed by atoms with van der Waals surface area (Å²) in [5.74, 6) is 1.25. The third-order valence-electron chi connectivity index (χ3n) is 6.80. The monoisotopic (exact) mass is 424 g/mol. The molecule has 5 heteroatoms. The summed E-state index contributed by atoms with van der Waals surface area (Å²) in [5.41, 5.74) is 2.47. The predicted molar refractivity (Wildman–Crippen MR) is 121 cm³/mol. The van der Waals surface area contributed by atoms with Crippen molar-refractivity contribution in [1.29, 1.82) is 0 Å². The van der Waals surface area contributed by atoms with Crippen LogP contribution in [0, 0.1) is 5.82 Å². The highest BCUT2D eigenvalue weighted by atomic mass is 19.1. The Morgan fingerprint density at radius 3 is 2.32 bits per heavy atom. The maximum Gasteiger partial charge on any atom is 0.260 e. The molecule has 2 aromatic rings. The summed E-state index contributed by atoms with van der Waals surface area (Å²) in [5, 5.41) is 0. The van der Waals surface area contributed by atoms with Crippen LogP contribution in [0.25, 0.3) is 0 Å². The number of carbonyl (C=O) groups is 1. The average Bonchev–Trinajstić information content (AvgIpc) is 3.31. The zero-order valence-electron chi connectivity index (χ0n) is 18.6. The fourth-order valence-electron chi connectivity index (χ4n) is 4.91. The largest absolute Gasteiger partial charge is 0.484 e. The van der Waals surface area contributed by atoms with Crippen LogP contribution in [-0.4, -0.2) is 47.5 Å². The number of benzene rings is 2. The number of amides is 1. The van der Waals surface area contributed by atoms with Crippen molar-refractivity contribution in [2.24, 2.45) is 0 Å². The molecule has 1 aliphatic carbocycles. The smallest absolute Gasteiger partial charge is 0.260 e. The molecule has 0 bridgehead atoms. The first-order chi connectivity index (χ1) is 15.0. The molecule has 1 saturated carbocycles. The quantitative estimate of drug-likeness (QED) is 0.655. The highest BCUT2D eigenvalue weighted by molar-refractivity contribution is 5.78. The molecule has 0 radical (unpaired) electrons. The van der Waals surface area contributed by atoms with E-state index in [1.54, 1.807) is 0 Å². The molecule has 0 unspecified atom stereocenters. The summed E-state index contributed by atoms with van der Waals surface area (Å²) in [6.45, 7) is 6.51. The lowest BCUT2D eigenvalue weighted by molar-refractivity contribution is -0.139. The lowest BCUT2D eigenvalue weighted by atomic mass is 9.98. The number of rotatable bonds is 6. The van der Waals surface area contributed by atoms with Crippen LogP contribution in [0.4, 0.5) is 4.39 Å². The van der Waals surface area contributed by atoms with Gasteiger partial charge in [0, 0.05) is 31.7 Å². The summed E-state index contributed by atoms with van der Waals surface area (Å²) >= 11 is 0. The normalized spacial score (nSPS) is 22.6. The number of carbonyl (C=O) groups excluding carboxylic acids is 1. The van der Waals surface area contributed by atoms with Crippen LogP contribution in [0.2, 0.25) is 0 Å². The van der Waals surface area contributed by atoms with Gasteiger partial charge in [-0.05, 0) is 68.0 Å². The Balaban J connectivity index is 1.28. The van der Waals surface area contributed by atoms with Gasteiger partial charge in [0.15, 0.2) is 6.61 Å². The van der Waals surface area contributed by atoms with Gasteiger partial charge in [-0.2, -0.15) is 0 Å². The Morgan fingerprint density at radius 2 is 1.65 bits per heavy atom. The summed E-state index contributed by atoms with van der Waals surface area (Å²) in [7, 11) is 0. The van der Waals surface area contributed by atoms with E-state index in [2.05, 4.69) is 30.9 Å². The Morgan fingerprint density at radius 1 is 0.968 bits per heavy atom. The van der Waals surface area contributed by atoms with Gasteiger partial charge in [-0.25, -0.2) is 4.39 Å². The van der Waals surface area contributed by atoms with Crippen LogP contribution in [0.1, 0.15) is 56.6 Å². The van der Waals surface area contributed by atoms with Gasteiger partial charge in [-0.1, -0.05) is 37.1 Å². The standard InChI is InChI=1S/C26H33FN2O2/c1-19-16-29(20(2)15-28(19)17-21-7-11-24(27)12-8-21)26(30)18-31-25-13-9-23(10-14-25)22-5-3-4-6-22/h7-14,19-20,22H,3-6,15-18H2,1-2H3/t19-,20+/m0/s1. The van der Waals surface area contributed by atoms with Crippen molar-refractivity contribution in [2.75, 3.05) is 19.7 Å². The van der Waals surface area contributed by atoms with Gasteiger partial charge in [0.2, 0.25) is 0 Å². The van der Waals surface area contributed by atoms with Crippen LogP contribution in [-0.2, 0) is 11.3 Å². The van der Waals surface area contributed by atoms with Gasteiger partial charge in [-0.15, -0.1) is 0 Å². The molecule has 0 N–H and O–H groups in total. The first kappa shape index (κ1) is 21.8. The van der Waals surface area contributed by atoms with Gasteiger partial charge in [-0.3, -0.25) is 9.69 Å². The van der Waals surface area contributed by atoms with E-state index in [0.29, 0.717) is 12.5 Å². The third-order valence-corrected chi connectivity index (χ3v) is 6.80. The first-order valence-corrected chi connectivity index (χ1v) is 11.5. The molecule has 2 fully saturated rings. The van der Waals surface area contributed by atoms with Crippen LogP contribution < -0.4 is 4.74 Å². The second-order valence-corrected chi connectivity index (χ2v) is 9.14. The molecule has 2 aliphatic rings. The Hall–Kier alpha value is -2.40. The molecule has 1 heterocycles. The third kappa shape index (κ3) is 5.45. The minimum atomic E-state index is -0.214. The van der Waals surface area contributed by atoms with Crippen molar-refractivity contribution in [2.45, 2.75) is 64.1 Å². The van der Waals surface area contributed by atoms with Crippen LogP contribution >= 0.6 is 0 Å². The second-order valence-electron chi connectivity index (χ2n) is 9.14. The van der Waals surface area contributed by atoms with Gasteiger partial charge in [0.05, 0.1) is 0 Å². The Kier molecular flexibility index (Phi) is 6.91. The molecule has 31 heavy (non-hydrogen) atoms. The van der Waals surface area contributed by atoms with Crippen LogP contribution in [0.15, 0.2) is 48.5 Å². The fourth-order valence-corrected chi connectivity index (χ4v) is 4.91. The molecule has 4 nitrogen and oxygen atoms in total. The Labute approximate surface area is 185 Å². The van der Waals surface area contributed by atoms with Crippen molar-refractivity contribution < 1.29 is 13.9 Å². The number of halogens is 1. The van der Waals surface area contributed by atoms with Crippen molar-refractivity contribution in [3.05, 3.63) is 65.5 Å². The topological polar surface area (TPSA) is 32.8 Å². The second kappa shape index (κ2) is 9.82. The summed E-state index contributed by atoms with van der Waals surface area (Å²) < 4.78 is 19.0. The molecular weight excluding hydrogens is 391 g/mol. The number of hydrogen-bond donors (Lipinski definition) is 0. The van der Waals surface area contributed by atoms with Crippen molar-refractivity contribution in [3.63, 3.8) is 0 Å². The zero-order chi connectivity index (χ0) is 21.8. The van der Waals surface area contributed by atoms with Gasteiger partial charge < -0.3 is 9.64 Å². The maximum atomic E-state index is 13.2. The van der Waals surface area contributed by atoms with E-state index in [9.17, 15) is 9.18 Å². The van der Waals surface area contributed by atoms with Crippen molar-refractivity contribution in [1.82, 2.24) is 9.80 Å². The van der Waals surface area contributed by atoms with Crippen LogP contribution in [0.3, 0.4) is 0 Å². The van der Waals surface area contributed by atoms with E-state index in [1.807, 2.05) is 29.2 Å². The zero-order valence-corrected chi connectivity index (χ0v) is 18.6. The predicted octanol–water partition coefficient (Wildman–Crippen LogP) is 4.98. The van der Waals surface area contributed by atoms with Gasteiger partial charge in [0.1, 0.15) is 11.6 Å². The van der Waals surface area contributed by atoms with Crippen molar-refractivity contribution >= 4 is 5.91 Å². The molecule has 166 valence electrons. The molecule has 2 aromatic carbocycles. The van der Waals surface area contributed by atoms with E-state index in [4.69, 9.17) is 4.74 Å². The fraction of sp³-hybridized carbons (Fsp3) is 0.500. The highest BCUT2D eigenvalue weighted by Crippen LogP contribution is 2.34. The van der Waals surface area contributed by atoms with Crippen molar-refractivity contribution in [3.8, 4) is 5.75 Å². The number of piperazine rings is 1. The van der Waals surface area contributed by atoms with Gasteiger partial charge in [0.25, 0.3) is 5.91 Å². The average molecular weight is 425 g/mol. The molecule has 4 rings (SSSR count). The molecule has 0 spiro atoms. The molecule has 2 atom stereocenters. The minimum Gasteiger partial charge on any atom is -0.484 e. The van der Waals surface area contributed by atoms with E-state index in [0.717, 1.165) is 24.4 Å².